The number of halogens is 1. The number of hydrogen-bond donors (Lipinski definition) is 1. The third kappa shape index (κ3) is 1.48. The first kappa shape index (κ1) is 7.40. The number of carbonyl (C=O) groups is 1. The quantitative estimate of drug-likeness (QED) is 0.564. The van der Waals surface area contributed by atoms with Gasteiger partial charge in [0.1, 0.15) is 6.67 Å². The third-order valence-electron chi connectivity index (χ3n) is 1.00. The van der Waals surface area contributed by atoms with E-state index in [2.05, 4.69) is 0 Å². The van der Waals surface area contributed by atoms with Gasteiger partial charge in [0.15, 0.2) is 0 Å². The normalized spacial score (nSPS) is 11.4. The largest absolute Gasteiger partial charge is 0.369 e. The molecule has 0 unspecified atom stereocenters. The zero-order chi connectivity index (χ0) is 6.78. The molecule has 0 spiro atoms. The first-order valence-electron chi connectivity index (χ1n) is 2.36. The van der Waals surface area contributed by atoms with Gasteiger partial charge in [0, 0.05) is 0 Å². The molecule has 0 saturated carbocycles. The van der Waals surface area contributed by atoms with Crippen LogP contribution in [-0.4, -0.2) is 12.6 Å². The van der Waals surface area contributed by atoms with Gasteiger partial charge in [0.05, 0.1) is 5.41 Å². The average molecular weight is 119 g/mol. The summed E-state index contributed by atoms with van der Waals surface area (Å²) in [4.78, 5) is 10.2. The van der Waals surface area contributed by atoms with Gasteiger partial charge in [-0.1, -0.05) is 0 Å². The first-order chi connectivity index (χ1) is 3.50. The lowest BCUT2D eigenvalue weighted by Crippen LogP contribution is -2.33. The molecule has 0 heterocycles. The van der Waals surface area contributed by atoms with E-state index in [0.717, 1.165) is 0 Å². The predicted molar refractivity (Wildman–Crippen MR) is 29.0 cm³/mol. The van der Waals surface area contributed by atoms with Crippen molar-refractivity contribution in [1.29, 1.82) is 0 Å². The highest BCUT2D eigenvalue weighted by Gasteiger charge is 2.23. The minimum atomic E-state index is -0.986. The summed E-state index contributed by atoms with van der Waals surface area (Å²) >= 11 is 0. The number of nitrogens with two attached hydrogens (primary N) is 1. The van der Waals surface area contributed by atoms with E-state index in [1.54, 1.807) is 0 Å². The van der Waals surface area contributed by atoms with Gasteiger partial charge in [-0.15, -0.1) is 0 Å². The lowest BCUT2D eigenvalue weighted by atomic mass is 9.95. The van der Waals surface area contributed by atoms with E-state index in [1.807, 2.05) is 0 Å². The molecule has 0 radical (unpaired) electrons. The molecule has 0 aliphatic carbocycles. The van der Waals surface area contributed by atoms with Gasteiger partial charge in [-0.25, -0.2) is 4.39 Å². The van der Waals surface area contributed by atoms with Crippen LogP contribution in [0, 0.1) is 5.41 Å². The van der Waals surface area contributed by atoms with Gasteiger partial charge in [-0.05, 0) is 13.8 Å². The highest BCUT2D eigenvalue weighted by atomic mass is 19.1. The van der Waals surface area contributed by atoms with Gasteiger partial charge < -0.3 is 5.73 Å². The number of alkyl halides is 1. The van der Waals surface area contributed by atoms with Gasteiger partial charge in [0.2, 0.25) is 5.91 Å². The number of amides is 1. The fourth-order valence-corrected chi connectivity index (χ4v) is 0.0659. The van der Waals surface area contributed by atoms with Gasteiger partial charge in [0.25, 0.3) is 0 Å². The average Bonchev–Trinajstić information content (AvgIpc) is 1.67. The zero-order valence-corrected chi connectivity index (χ0v) is 5.07. The Morgan fingerprint density at radius 3 is 2.12 bits per heavy atom. The molecule has 2 nitrogen and oxygen atoms in total. The molecule has 0 aliphatic heterocycles. The number of hydrogen-bond acceptors (Lipinski definition) is 1. The smallest absolute Gasteiger partial charge is 0.225 e. The van der Waals surface area contributed by atoms with Crippen LogP contribution >= 0.6 is 0 Å². The number of rotatable bonds is 2. The lowest BCUT2D eigenvalue weighted by molar-refractivity contribution is -0.126. The molecule has 2 N–H and O–H groups in total. The Bertz CT molecular complexity index is 101. The lowest BCUT2D eigenvalue weighted by Gasteiger charge is -2.13. The molecule has 0 atom stereocenters. The maximum atomic E-state index is 11.7. The van der Waals surface area contributed by atoms with Crippen LogP contribution in [0.3, 0.4) is 0 Å². The van der Waals surface area contributed by atoms with Crippen LogP contribution in [0.5, 0.6) is 0 Å². The molecule has 48 valence electrons. The highest BCUT2D eigenvalue weighted by molar-refractivity contribution is 5.79. The van der Waals surface area contributed by atoms with Crippen LogP contribution in [-0.2, 0) is 4.79 Å². The fraction of sp³-hybridized carbons (Fsp3) is 0.800. The van der Waals surface area contributed by atoms with E-state index in [4.69, 9.17) is 5.73 Å². The summed E-state index contributed by atoms with van der Waals surface area (Å²) < 4.78 is 11.7. The summed E-state index contributed by atoms with van der Waals surface area (Å²) in [6.45, 7) is 2.24. The molecule has 1 amide bonds. The Morgan fingerprint density at radius 1 is 1.75 bits per heavy atom. The maximum absolute atomic E-state index is 11.7. The van der Waals surface area contributed by atoms with Crippen molar-refractivity contribution in [3.63, 3.8) is 0 Å². The molecule has 0 saturated heterocycles. The predicted octanol–water partition coefficient (Wildman–Crippen LogP) is 0.467. The molecule has 0 aromatic carbocycles. The Hall–Kier alpha value is -0.600. The summed E-state index contributed by atoms with van der Waals surface area (Å²) in [5.74, 6) is -0.597. The van der Waals surface area contributed by atoms with E-state index in [-0.39, 0.29) is 0 Å². The third-order valence-corrected chi connectivity index (χ3v) is 1.00. The van der Waals surface area contributed by atoms with Crippen molar-refractivity contribution in [2.45, 2.75) is 13.8 Å². The summed E-state index contributed by atoms with van der Waals surface area (Å²) in [5.41, 5.74) is 3.82. The molecule has 0 fully saturated rings. The molecule has 0 aromatic rings. The Labute approximate surface area is 47.9 Å². The van der Waals surface area contributed by atoms with Crippen molar-refractivity contribution in [1.82, 2.24) is 0 Å². The topological polar surface area (TPSA) is 43.1 Å². The summed E-state index contributed by atoms with van der Waals surface area (Å²) in [6.07, 6.45) is 0. The Balaban J connectivity index is 3.91. The van der Waals surface area contributed by atoms with E-state index >= 15 is 0 Å². The summed E-state index contributed by atoms with van der Waals surface area (Å²) in [5, 5.41) is 0. The van der Waals surface area contributed by atoms with Gasteiger partial charge >= 0.3 is 0 Å². The summed E-state index contributed by atoms with van der Waals surface area (Å²) in [6, 6.07) is 0. The maximum Gasteiger partial charge on any atom is 0.225 e. The minimum absolute atomic E-state index is 0.597. The molecule has 0 aromatic heterocycles. The Kier molecular flexibility index (Phi) is 1.95. The van der Waals surface area contributed by atoms with Crippen molar-refractivity contribution in [2.75, 3.05) is 6.67 Å². The molecule has 3 heteroatoms. The molecule has 8 heavy (non-hydrogen) atoms. The number of carbonyl (C=O) groups excluding carboxylic acids is 1. The summed E-state index contributed by atoms with van der Waals surface area (Å²) in [7, 11) is 0. The molecule has 0 rings (SSSR count). The van der Waals surface area contributed by atoms with Crippen LogP contribution in [0.2, 0.25) is 0 Å². The molecule has 0 bridgehead atoms. The van der Waals surface area contributed by atoms with Crippen LogP contribution in [0.1, 0.15) is 13.8 Å². The van der Waals surface area contributed by atoms with Crippen molar-refractivity contribution < 1.29 is 9.18 Å². The van der Waals surface area contributed by atoms with Crippen molar-refractivity contribution in [3.8, 4) is 0 Å². The second-order valence-electron chi connectivity index (χ2n) is 2.38. The van der Waals surface area contributed by atoms with Crippen molar-refractivity contribution >= 4 is 5.91 Å². The Morgan fingerprint density at radius 2 is 2.12 bits per heavy atom. The molecular weight excluding hydrogens is 109 g/mol. The van der Waals surface area contributed by atoms with E-state index < -0.39 is 18.0 Å². The monoisotopic (exact) mass is 119 g/mol. The second kappa shape index (κ2) is 2.11. The zero-order valence-electron chi connectivity index (χ0n) is 5.07. The van der Waals surface area contributed by atoms with Crippen LogP contribution in [0.25, 0.3) is 0 Å². The number of primary amides is 1. The highest BCUT2D eigenvalue weighted by Crippen LogP contribution is 2.13. The van der Waals surface area contributed by atoms with E-state index in [1.165, 1.54) is 13.8 Å². The SMILES string of the molecule is CC(C)(CF)C(N)=O. The van der Waals surface area contributed by atoms with Crippen molar-refractivity contribution in [3.05, 3.63) is 0 Å². The van der Waals surface area contributed by atoms with E-state index in [9.17, 15) is 9.18 Å². The molecular formula is C5H10FNO. The van der Waals surface area contributed by atoms with Crippen LogP contribution < -0.4 is 5.73 Å². The van der Waals surface area contributed by atoms with Crippen LogP contribution in [0.4, 0.5) is 4.39 Å². The van der Waals surface area contributed by atoms with Gasteiger partial charge in [-0.2, -0.15) is 0 Å². The molecule has 0 aliphatic rings. The van der Waals surface area contributed by atoms with Crippen molar-refractivity contribution in [2.24, 2.45) is 11.1 Å². The minimum Gasteiger partial charge on any atom is -0.369 e. The van der Waals surface area contributed by atoms with Crippen LogP contribution in [0.15, 0.2) is 0 Å². The van der Waals surface area contributed by atoms with E-state index in [0.29, 0.717) is 0 Å². The first-order valence-corrected chi connectivity index (χ1v) is 2.36. The second-order valence-corrected chi connectivity index (χ2v) is 2.38. The van der Waals surface area contributed by atoms with Gasteiger partial charge in [-0.3, -0.25) is 4.79 Å². The standard InChI is InChI=1S/C5H10FNO/c1-5(2,3-6)4(7)8/h3H2,1-2H3,(H2,7,8). The fourth-order valence-electron chi connectivity index (χ4n) is 0.0659.